The van der Waals surface area contributed by atoms with Crippen LogP contribution >= 0.6 is 0 Å². The van der Waals surface area contributed by atoms with Gasteiger partial charge >= 0.3 is 0 Å². The van der Waals surface area contributed by atoms with Crippen molar-refractivity contribution in [1.29, 1.82) is 0 Å². The van der Waals surface area contributed by atoms with Crippen LogP contribution in [0.1, 0.15) is 30.0 Å². The molecule has 1 unspecified atom stereocenters. The number of hydrogen-bond donors (Lipinski definition) is 2. The zero-order valence-corrected chi connectivity index (χ0v) is 9.33. The summed E-state index contributed by atoms with van der Waals surface area (Å²) in [5, 5.41) is 11.4. The Morgan fingerprint density at radius 1 is 1.40 bits per heavy atom. The van der Waals surface area contributed by atoms with Crippen LogP contribution in [-0.4, -0.2) is 24.2 Å². The Labute approximate surface area is 90.7 Å². The van der Waals surface area contributed by atoms with E-state index in [0.717, 1.165) is 12.8 Å². The summed E-state index contributed by atoms with van der Waals surface area (Å²) < 4.78 is 0. The highest BCUT2D eigenvalue weighted by atomic mass is 16.3. The van der Waals surface area contributed by atoms with Gasteiger partial charge in [0.2, 0.25) is 0 Å². The van der Waals surface area contributed by atoms with E-state index in [-0.39, 0.29) is 0 Å². The number of aryl methyl sites for hydroxylation is 1. The first kappa shape index (κ1) is 10.5. The van der Waals surface area contributed by atoms with Crippen molar-refractivity contribution in [1.82, 2.24) is 10.4 Å². The molecule has 0 radical (unpaired) electrons. The number of nitrogens with one attached hydrogen (secondary N) is 1. The average Bonchev–Trinajstić information content (AvgIpc) is 2.16. The second-order valence-electron chi connectivity index (χ2n) is 4.35. The lowest BCUT2D eigenvalue weighted by Crippen LogP contribution is -2.35. The number of aromatic hydroxyl groups is 1. The van der Waals surface area contributed by atoms with Gasteiger partial charge in [-0.1, -0.05) is 6.07 Å². The van der Waals surface area contributed by atoms with E-state index in [0.29, 0.717) is 11.8 Å². The molecule has 3 heteroatoms. The molecule has 2 rings (SSSR count). The Bertz CT molecular complexity index is 349. The summed E-state index contributed by atoms with van der Waals surface area (Å²) in [6.45, 7) is 0. The van der Waals surface area contributed by atoms with Gasteiger partial charge in [-0.25, -0.2) is 5.43 Å². The fourth-order valence-electron chi connectivity index (χ4n) is 2.25. The number of hydrazine groups is 1. The molecule has 82 valence electrons. The van der Waals surface area contributed by atoms with Gasteiger partial charge < -0.3 is 5.11 Å². The lowest BCUT2D eigenvalue weighted by Gasteiger charge is -2.29. The molecule has 1 aliphatic carbocycles. The third-order valence-corrected chi connectivity index (χ3v) is 2.85. The Kier molecular flexibility index (Phi) is 2.93. The van der Waals surface area contributed by atoms with Crippen LogP contribution < -0.4 is 5.43 Å². The molecular formula is C12H18N2O. The van der Waals surface area contributed by atoms with Gasteiger partial charge in [-0.3, -0.25) is 5.01 Å². The molecule has 0 amide bonds. The highest BCUT2D eigenvalue weighted by Gasteiger charge is 2.20. The summed E-state index contributed by atoms with van der Waals surface area (Å²) in [7, 11) is 4.02. The van der Waals surface area contributed by atoms with Crippen molar-refractivity contribution < 1.29 is 5.11 Å². The fourth-order valence-corrected chi connectivity index (χ4v) is 2.25. The first-order chi connectivity index (χ1) is 7.16. The average molecular weight is 206 g/mol. The molecule has 0 fully saturated rings. The zero-order valence-electron chi connectivity index (χ0n) is 9.33. The van der Waals surface area contributed by atoms with E-state index in [9.17, 15) is 5.11 Å². The van der Waals surface area contributed by atoms with E-state index in [2.05, 4.69) is 5.43 Å². The molecule has 1 aliphatic rings. The Morgan fingerprint density at radius 3 is 2.93 bits per heavy atom. The van der Waals surface area contributed by atoms with Gasteiger partial charge in [-0.15, -0.1) is 0 Å². The number of phenolic OH excluding ortho intramolecular Hbond substituents is 1. The summed E-state index contributed by atoms with van der Waals surface area (Å²) in [6, 6.07) is 6.09. The molecule has 0 saturated carbocycles. The van der Waals surface area contributed by atoms with Crippen molar-refractivity contribution in [2.75, 3.05) is 14.1 Å². The van der Waals surface area contributed by atoms with Crippen LogP contribution in [0.15, 0.2) is 18.2 Å². The largest absolute Gasteiger partial charge is 0.508 e. The molecule has 0 spiro atoms. The molecule has 0 saturated heterocycles. The monoisotopic (exact) mass is 206 g/mol. The second kappa shape index (κ2) is 4.21. The van der Waals surface area contributed by atoms with Crippen molar-refractivity contribution in [2.24, 2.45) is 0 Å². The Hall–Kier alpha value is -1.06. The molecular weight excluding hydrogens is 188 g/mol. The maximum atomic E-state index is 9.43. The first-order valence-corrected chi connectivity index (χ1v) is 5.42. The Balaban J connectivity index is 2.26. The highest BCUT2D eigenvalue weighted by Crippen LogP contribution is 2.31. The zero-order chi connectivity index (χ0) is 10.8. The summed E-state index contributed by atoms with van der Waals surface area (Å²) in [6.07, 6.45) is 3.42. The van der Waals surface area contributed by atoms with Gasteiger partial charge in [0.05, 0.1) is 0 Å². The van der Waals surface area contributed by atoms with Gasteiger partial charge in [0.1, 0.15) is 5.75 Å². The fraction of sp³-hybridized carbons (Fsp3) is 0.500. The summed E-state index contributed by atoms with van der Waals surface area (Å²) in [5.74, 6) is 0.374. The molecule has 15 heavy (non-hydrogen) atoms. The van der Waals surface area contributed by atoms with Gasteiger partial charge in [0, 0.05) is 20.1 Å². The van der Waals surface area contributed by atoms with Gasteiger partial charge in [-0.05, 0) is 42.5 Å². The predicted molar refractivity (Wildman–Crippen MR) is 60.6 cm³/mol. The van der Waals surface area contributed by atoms with Crippen LogP contribution in [0.3, 0.4) is 0 Å². The topological polar surface area (TPSA) is 35.5 Å². The van der Waals surface area contributed by atoms with Crippen LogP contribution in [-0.2, 0) is 6.42 Å². The van der Waals surface area contributed by atoms with E-state index < -0.39 is 0 Å². The van der Waals surface area contributed by atoms with E-state index >= 15 is 0 Å². The lowest BCUT2D eigenvalue weighted by atomic mass is 9.88. The van der Waals surface area contributed by atoms with Crippen LogP contribution in [0.5, 0.6) is 5.75 Å². The maximum absolute atomic E-state index is 9.43. The van der Waals surface area contributed by atoms with E-state index in [1.54, 1.807) is 6.07 Å². The quantitative estimate of drug-likeness (QED) is 0.725. The molecule has 0 aromatic heterocycles. The lowest BCUT2D eigenvalue weighted by molar-refractivity contribution is 0.228. The van der Waals surface area contributed by atoms with Crippen LogP contribution in [0, 0.1) is 0 Å². The van der Waals surface area contributed by atoms with Crippen LogP contribution in [0.4, 0.5) is 0 Å². The van der Waals surface area contributed by atoms with Crippen molar-refractivity contribution >= 4 is 0 Å². The molecule has 1 atom stereocenters. The van der Waals surface area contributed by atoms with Crippen LogP contribution in [0.25, 0.3) is 0 Å². The summed E-state index contributed by atoms with van der Waals surface area (Å²) in [5.41, 5.74) is 6.01. The van der Waals surface area contributed by atoms with E-state index in [1.165, 1.54) is 17.5 Å². The third kappa shape index (κ3) is 2.30. The number of fused-ring (bicyclic) bond motifs is 1. The summed E-state index contributed by atoms with van der Waals surface area (Å²) in [4.78, 5) is 0. The van der Waals surface area contributed by atoms with Crippen molar-refractivity contribution in [3.8, 4) is 5.75 Å². The molecule has 3 nitrogen and oxygen atoms in total. The second-order valence-corrected chi connectivity index (χ2v) is 4.35. The standard InChI is InChI=1S/C12H18N2O/c1-14(2)13-12-5-3-4-9-8-10(15)6-7-11(9)12/h6-8,12-13,15H,3-5H2,1-2H3. The predicted octanol–water partition coefficient (Wildman–Crippen LogP) is 1.84. The van der Waals surface area contributed by atoms with Gasteiger partial charge in [-0.2, -0.15) is 0 Å². The molecule has 0 bridgehead atoms. The van der Waals surface area contributed by atoms with Crippen molar-refractivity contribution in [3.05, 3.63) is 29.3 Å². The van der Waals surface area contributed by atoms with Gasteiger partial charge in [0.25, 0.3) is 0 Å². The smallest absolute Gasteiger partial charge is 0.115 e. The van der Waals surface area contributed by atoms with E-state index in [1.807, 2.05) is 31.2 Å². The molecule has 0 aliphatic heterocycles. The number of nitrogens with zero attached hydrogens (tertiary/aromatic N) is 1. The van der Waals surface area contributed by atoms with Crippen molar-refractivity contribution in [2.45, 2.75) is 25.3 Å². The third-order valence-electron chi connectivity index (χ3n) is 2.85. The number of hydrogen-bond acceptors (Lipinski definition) is 3. The molecule has 1 aromatic rings. The van der Waals surface area contributed by atoms with E-state index in [4.69, 9.17) is 0 Å². The van der Waals surface area contributed by atoms with Gasteiger partial charge in [0.15, 0.2) is 0 Å². The maximum Gasteiger partial charge on any atom is 0.115 e. The van der Waals surface area contributed by atoms with Crippen LogP contribution in [0.2, 0.25) is 0 Å². The van der Waals surface area contributed by atoms with Crippen molar-refractivity contribution in [3.63, 3.8) is 0 Å². The minimum absolute atomic E-state index is 0.374. The minimum atomic E-state index is 0.374. The minimum Gasteiger partial charge on any atom is -0.508 e. The highest BCUT2D eigenvalue weighted by molar-refractivity contribution is 5.38. The number of phenols is 1. The molecule has 2 N–H and O–H groups in total. The first-order valence-electron chi connectivity index (χ1n) is 5.42. The number of benzene rings is 1. The Morgan fingerprint density at radius 2 is 2.20 bits per heavy atom. The summed E-state index contributed by atoms with van der Waals surface area (Å²) >= 11 is 0. The number of rotatable bonds is 2. The normalized spacial score (nSPS) is 20.3. The molecule has 0 heterocycles. The SMILES string of the molecule is CN(C)NC1CCCc2cc(O)ccc21. The molecule has 1 aromatic carbocycles.